The molecule has 0 spiro atoms. The van der Waals surface area contributed by atoms with E-state index >= 15 is 0 Å². The first kappa shape index (κ1) is 18.7. The van der Waals surface area contributed by atoms with Gasteiger partial charge in [-0.1, -0.05) is 17.7 Å². The number of aryl methyl sites for hydroxylation is 1. The van der Waals surface area contributed by atoms with E-state index in [2.05, 4.69) is 5.10 Å². The molecule has 1 N–H and O–H groups in total. The second-order valence-electron chi connectivity index (χ2n) is 7.55. The van der Waals surface area contributed by atoms with Crippen LogP contribution in [-0.4, -0.2) is 57.5 Å². The summed E-state index contributed by atoms with van der Waals surface area (Å²) in [7, 11) is 0. The minimum absolute atomic E-state index is 0.126. The van der Waals surface area contributed by atoms with Crippen LogP contribution >= 0.6 is 0 Å². The van der Waals surface area contributed by atoms with E-state index in [4.69, 9.17) is 4.74 Å². The Balaban J connectivity index is 1.70. The van der Waals surface area contributed by atoms with Gasteiger partial charge in [-0.25, -0.2) is 4.68 Å². The van der Waals surface area contributed by atoms with Crippen LogP contribution in [0.15, 0.2) is 24.3 Å². The third-order valence-corrected chi connectivity index (χ3v) is 5.61. The van der Waals surface area contributed by atoms with Crippen LogP contribution in [0.5, 0.6) is 0 Å². The van der Waals surface area contributed by atoms with E-state index in [9.17, 15) is 14.7 Å². The summed E-state index contributed by atoms with van der Waals surface area (Å²) in [5, 5.41) is 14.0. The molecule has 1 aliphatic carbocycles. The number of aliphatic carboxylic acids is 1. The van der Waals surface area contributed by atoms with E-state index in [0.717, 1.165) is 41.8 Å². The number of carboxylic acid groups (broad SMARTS) is 1. The van der Waals surface area contributed by atoms with Crippen LogP contribution in [0.25, 0.3) is 5.69 Å². The molecule has 1 aliphatic heterocycles. The molecule has 0 saturated carbocycles. The molecular weight excluding hydrogens is 358 g/mol. The SMILES string of the molecule is Cc1ccc(-n2nc(C(=O)N(CC(=O)O)C3CCOCC3)c3c2CCC3)cc1. The highest BCUT2D eigenvalue weighted by Gasteiger charge is 2.34. The quantitative estimate of drug-likeness (QED) is 0.857. The van der Waals surface area contributed by atoms with Gasteiger partial charge in [0.15, 0.2) is 5.69 Å². The number of carbonyl (C=O) groups is 2. The Kier molecular flexibility index (Phi) is 5.17. The number of carboxylic acids is 1. The Morgan fingerprint density at radius 3 is 2.61 bits per heavy atom. The zero-order valence-corrected chi connectivity index (χ0v) is 16.1. The topological polar surface area (TPSA) is 84.7 Å². The van der Waals surface area contributed by atoms with Crippen molar-refractivity contribution >= 4 is 11.9 Å². The maximum atomic E-state index is 13.4. The molecule has 0 unspecified atom stereocenters. The first-order valence-corrected chi connectivity index (χ1v) is 9.83. The molecule has 1 aromatic carbocycles. The lowest BCUT2D eigenvalue weighted by molar-refractivity contribution is -0.138. The first-order chi connectivity index (χ1) is 13.5. The molecule has 4 rings (SSSR count). The van der Waals surface area contributed by atoms with Gasteiger partial charge in [0.05, 0.1) is 5.69 Å². The van der Waals surface area contributed by atoms with Crippen molar-refractivity contribution in [2.24, 2.45) is 0 Å². The van der Waals surface area contributed by atoms with Crippen molar-refractivity contribution in [3.8, 4) is 5.69 Å². The number of hydrogen-bond donors (Lipinski definition) is 1. The summed E-state index contributed by atoms with van der Waals surface area (Å²) in [5.74, 6) is -1.28. The fraction of sp³-hybridized carbons (Fsp3) is 0.476. The number of amides is 1. The number of rotatable bonds is 5. The van der Waals surface area contributed by atoms with Crippen molar-refractivity contribution < 1.29 is 19.4 Å². The summed E-state index contributed by atoms with van der Waals surface area (Å²) in [4.78, 5) is 26.3. The van der Waals surface area contributed by atoms with Gasteiger partial charge in [-0.2, -0.15) is 5.10 Å². The minimum atomic E-state index is -1.01. The largest absolute Gasteiger partial charge is 0.480 e. The van der Waals surface area contributed by atoms with E-state index in [1.807, 2.05) is 35.9 Å². The lowest BCUT2D eigenvalue weighted by Gasteiger charge is -2.32. The molecule has 2 heterocycles. The van der Waals surface area contributed by atoms with Crippen LogP contribution in [0, 0.1) is 6.92 Å². The van der Waals surface area contributed by atoms with Gasteiger partial charge >= 0.3 is 5.97 Å². The number of fused-ring (bicyclic) bond motifs is 1. The highest BCUT2D eigenvalue weighted by Crippen LogP contribution is 2.29. The van der Waals surface area contributed by atoms with Crippen LogP contribution in [0.1, 0.15) is 46.6 Å². The third kappa shape index (κ3) is 3.54. The second kappa shape index (κ2) is 7.75. The van der Waals surface area contributed by atoms with Crippen molar-refractivity contribution in [2.75, 3.05) is 19.8 Å². The number of benzene rings is 1. The summed E-state index contributed by atoms with van der Waals surface area (Å²) in [6, 6.07) is 7.93. The lowest BCUT2D eigenvalue weighted by atomic mass is 10.1. The van der Waals surface area contributed by atoms with Crippen molar-refractivity contribution in [1.82, 2.24) is 14.7 Å². The van der Waals surface area contributed by atoms with Crippen LogP contribution in [0.4, 0.5) is 0 Å². The van der Waals surface area contributed by atoms with Gasteiger partial charge in [-0.05, 0) is 51.2 Å². The van der Waals surface area contributed by atoms with Crippen LogP contribution in [0.3, 0.4) is 0 Å². The second-order valence-corrected chi connectivity index (χ2v) is 7.55. The van der Waals surface area contributed by atoms with Crippen LogP contribution < -0.4 is 0 Å². The average Bonchev–Trinajstić information content (AvgIpc) is 3.30. The normalized spacial score (nSPS) is 16.8. The number of aromatic nitrogens is 2. The molecule has 0 atom stereocenters. The maximum absolute atomic E-state index is 13.4. The monoisotopic (exact) mass is 383 g/mol. The fourth-order valence-corrected chi connectivity index (χ4v) is 4.15. The Hall–Kier alpha value is -2.67. The van der Waals surface area contributed by atoms with E-state index in [1.54, 1.807) is 0 Å². The molecule has 1 fully saturated rings. The predicted octanol–water partition coefficient (Wildman–Crippen LogP) is 2.38. The third-order valence-electron chi connectivity index (χ3n) is 5.61. The average molecular weight is 383 g/mol. The smallest absolute Gasteiger partial charge is 0.323 e. The highest BCUT2D eigenvalue weighted by molar-refractivity contribution is 5.96. The predicted molar refractivity (Wildman–Crippen MR) is 103 cm³/mol. The molecule has 1 aromatic heterocycles. The van der Waals surface area contributed by atoms with Gasteiger partial charge in [0, 0.05) is 30.5 Å². The standard InChI is InChI=1S/C21H25N3O4/c1-14-5-7-16(8-6-14)24-18-4-2-3-17(18)20(22-24)21(27)23(13-19(25)26)15-9-11-28-12-10-15/h5-8,15H,2-4,9-13H2,1H3,(H,25,26). The Morgan fingerprint density at radius 1 is 1.21 bits per heavy atom. The van der Waals surface area contributed by atoms with E-state index in [-0.39, 0.29) is 18.5 Å². The Labute approximate surface area is 163 Å². The van der Waals surface area contributed by atoms with Gasteiger partial charge in [-0.3, -0.25) is 9.59 Å². The lowest BCUT2D eigenvalue weighted by Crippen LogP contribution is -2.46. The number of nitrogens with zero attached hydrogens (tertiary/aromatic N) is 3. The molecule has 2 aliphatic rings. The molecule has 2 aromatic rings. The van der Waals surface area contributed by atoms with Gasteiger partial charge in [-0.15, -0.1) is 0 Å². The summed E-state index contributed by atoms with van der Waals surface area (Å²) >= 11 is 0. The number of ether oxygens (including phenoxy) is 1. The summed E-state index contributed by atoms with van der Waals surface area (Å²) in [5.41, 5.74) is 4.53. The van der Waals surface area contributed by atoms with Crippen LogP contribution in [-0.2, 0) is 22.4 Å². The fourth-order valence-electron chi connectivity index (χ4n) is 4.15. The van der Waals surface area contributed by atoms with Crippen molar-refractivity contribution in [2.45, 2.75) is 45.1 Å². The zero-order valence-electron chi connectivity index (χ0n) is 16.1. The van der Waals surface area contributed by atoms with Crippen molar-refractivity contribution in [3.63, 3.8) is 0 Å². The highest BCUT2D eigenvalue weighted by atomic mass is 16.5. The van der Waals surface area contributed by atoms with E-state index in [1.165, 1.54) is 4.90 Å². The molecule has 1 saturated heterocycles. The Morgan fingerprint density at radius 2 is 1.93 bits per heavy atom. The first-order valence-electron chi connectivity index (χ1n) is 9.83. The zero-order chi connectivity index (χ0) is 19.7. The molecule has 0 radical (unpaired) electrons. The summed E-state index contributed by atoms with van der Waals surface area (Å²) in [6.07, 6.45) is 3.96. The van der Waals surface area contributed by atoms with Gasteiger partial charge in [0.1, 0.15) is 6.54 Å². The minimum Gasteiger partial charge on any atom is -0.480 e. The maximum Gasteiger partial charge on any atom is 0.323 e. The molecule has 0 bridgehead atoms. The Bertz CT molecular complexity index is 882. The summed E-state index contributed by atoms with van der Waals surface area (Å²) < 4.78 is 7.24. The molecule has 148 valence electrons. The molecule has 7 nitrogen and oxygen atoms in total. The van der Waals surface area contributed by atoms with Crippen molar-refractivity contribution in [3.05, 3.63) is 46.8 Å². The molecule has 7 heteroatoms. The number of carbonyl (C=O) groups excluding carboxylic acids is 1. The number of hydrogen-bond acceptors (Lipinski definition) is 4. The summed E-state index contributed by atoms with van der Waals surface area (Å²) in [6.45, 7) is 2.81. The van der Waals surface area contributed by atoms with Crippen LogP contribution in [0.2, 0.25) is 0 Å². The van der Waals surface area contributed by atoms with E-state index in [0.29, 0.717) is 31.7 Å². The molecule has 28 heavy (non-hydrogen) atoms. The van der Waals surface area contributed by atoms with Crippen molar-refractivity contribution in [1.29, 1.82) is 0 Å². The molecule has 1 amide bonds. The van der Waals surface area contributed by atoms with Gasteiger partial charge in [0.2, 0.25) is 0 Å². The van der Waals surface area contributed by atoms with Gasteiger partial charge < -0.3 is 14.7 Å². The van der Waals surface area contributed by atoms with Gasteiger partial charge in [0.25, 0.3) is 5.91 Å². The van der Waals surface area contributed by atoms with E-state index < -0.39 is 5.97 Å². The molecular formula is C21H25N3O4.